The molecule has 1 aromatic heterocycles. The maximum Gasteiger partial charge on any atom is 0.347 e. The first-order valence-electron chi connectivity index (χ1n) is 5.03. The van der Waals surface area contributed by atoms with Crippen LogP contribution in [0, 0.1) is 0 Å². The van der Waals surface area contributed by atoms with Crippen LogP contribution in [-0.2, 0) is 14.3 Å². The average Bonchev–Trinajstić information content (AvgIpc) is 2.30. The van der Waals surface area contributed by atoms with Crippen molar-refractivity contribution in [2.75, 3.05) is 6.61 Å². The molecule has 0 aliphatic carbocycles. The van der Waals surface area contributed by atoms with Gasteiger partial charge in [-0.3, -0.25) is 0 Å². The molecule has 0 amide bonds. The van der Waals surface area contributed by atoms with Gasteiger partial charge in [0.05, 0.1) is 12.2 Å². The standard InChI is InChI=1S/C11H12ClNO4/c1-3-16-10(14)7(2)17-11(15)8-4-5-9(12)13-6-8/h4-7H,3H2,1-2H3/t7-/m0/s1. The third-order valence-corrected chi connectivity index (χ3v) is 2.09. The lowest BCUT2D eigenvalue weighted by molar-refractivity contribution is -0.152. The Balaban J connectivity index is 2.60. The lowest BCUT2D eigenvalue weighted by Crippen LogP contribution is -2.26. The summed E-state index contributed by atoms with van der Waals surface area (Å²) in [6.07, 6.45) is 0.334. The van der Waals surface area contributed by atoms with Gasteiger partial charge in [0.1, 0.15) is 5.15 Å². The van der Waals surface area contributed by atoms with Crippen molar-refractivity contribution in [2.24, 2.45) is 0 Å². The molecule has 0 fully saturated rings. The summed E-state index contributed by atoms with van der Waals surface area (Å²) in [5.41, 5.74) is 0.227. The van der Waals surface area contributed by atoms with Crippen molar-refractivity contribution >= 4 is 23.5 Å². The summed E-state index contributed by atoms with van der Waals surface area (Å²) in [6.45, 7) is 3.36. The third-order valence-electron chi connectivity index (χ3n) is 1.87. The minimum Gasteiger partial charge on any atom is -0.463 e. The van der Waals surface area contributed by atoms with Gasteiger partial charge in [0.25, 0.3) is 0 Å². The van der Waals surface area contributed by atoms with Crippen molar-refractivity contribution in [3.63, 3.8) is 0 Å². The van der Waals surface area contributed by atoms with Crippen molar-refractivity contribution < 1.29 is 19.1 Å². The van der Waals surface area contributed by atoms with E-state index in [9.17, 15) is 9.59 Å². The van der Waals surface area contributed by atoms with Crippen LogP contribution < -0.4 is 0 Å². The third kappa shape index (κ3) is 4.03. The minimum atomic E-state index is -0.946. The molecule has 0 aliphatic rings. The molecule has 0 spiro atoms. The topological polar surface area (TPSA) is 65.5 Å². The Labute approximate surface area is 104 Å². The molecule has 0 aromatic carbocycles. The van der Waals surface area contributed by atoms with Crippen LogP contribution >= 0.6 is 11.6 Å². The van der Waals surface area contributed by atoms with Gasteiger partial charge in [-0.25, -0.2) is 14.6 Å². The van der Waals surface area contributed by atoms with Gasteiger partial charge in [0.2, 0.25) is 0 Å². The second-order valence-corrected chi connectivity index (χ2v) is 3.56. The van der Waals surface area contributed by atoms with Crippen molar-refractivity contribution in [3.05, 3.63) is 29.0 Å². The van der Waals surface area contributed by atoms with Crippen LogP contribution in [0.4, 0.5) is 0 Å². The van der Waals surface area contributed by atoms with Gasteiger partial charge in [-0.15, -0.1) is 0 Å². The fourth-order valence-electron chi connectivity index (χ4n) is 1.03. The predicted molar refractivity (Wildman–Crippen MR) is 60.8 cm³/mol. The summed E-state index contributed by atoms with van der Waals surface area (Å²) in [4.78, 5) is 26.5. The number of hydrogen-bond acceptors (Lipinski definition) is 5. The van der Waals surface area contributed by atoms with Gasteiger partial charge >= 0.3 is 11.9 Å². The number of nitrogens with zero attached hydrogens (tertiary/aromatic N) is 1. The number of ether oxygens (including phenoxy) is 2. The van der Waals surface area contributed by atoms with Crippen LogP contribution in [0.5, 0.6) is 0 Å². The van der Waals surface area contributed by atoms with E-state index in [0.717, 1.165) is 0 Å². The molecular weight excluding hydrogens is 246 g/mol. The Morgan fingerprint density at radius 3 is 2.71 bits per heavy atom. The van der Waals surface area contributed by atoms with Gasteiger partial charge in [-0.05, 0) is 26.0 Å². The van der Waals surface area contributed by atoms with Crippen molar-refractivity contribution in [2.45, 2.75) is 20.0 Å². The van der Waals surface area contributed by atoms with Gasteiger partial charge < -0.3 is 9.47 Å². The molecule has 92 valence electrons. The Morgan fingerprint density at radius 1 is 1.47 bits per heavy atom. The Bertz CT molecular complexity index is 404. The highest BCUT2D eigenvalue weighted by atomic mass is 35.5. The highest BCUT2D eigenvalue weighted by Gasteiger charge is 2.19. The first-order chi connectivity index (χ1) is 8.04. The molecule has 0 radical (unpaired) electrons. The smallest absolute Gasteiger partial charge is 0.347 e. The molecule has 17 heavy (non-hydrogen) atoms. The normalized spacial score (nSPS) is 11.7. The van der Waals surface area contributed by atoms with Crippen molar-refractivity contribution in [3.8, 4) is 0 Å². The van der Waals surface area contributed by atoms with E-state index in [2.05, 4.69) is 4.98 Å². The predicted octanol–water partition coefficient (Wildman–Crippen LogP) is 1.84. The zero-order valence-corrected chi connectivity index (χ0v) is 10.2. The minimum absolute atomic E-state index is 0.227. The monoisotopic (exact) mass is 257 g/mol. The molecular formula is C11H12ClNO4. The first kappa shape index (κ1) is 13.4. The molecule has 0 aliphatic heterocycles. The maximum absolute atomic E-state index is 11.6. The van der Waals surface area contributed by atoms with Crippen molar-refractivity contribution in [1.82, 2.24) is 4.98 Å². The second-order valence-electron chi connectivity index (χ2n) is 3.17. The van der Waals surface area contributed by atoms with E-state index in [1.54, 1.807) is 6.92 Å². The molecule has 6 heteroatoms. The molecule has 1 aromatic rings. The quantitative estimate of drug-likeness (QED) is 0.608. The Hall–Kier alpha value is -1.62. The molecule has 0 bridgehead atoms. The molecule has 0 saturated heterocycles. The molecule has 0 unspecified atom stereocenters. The molecule has 0 saturated carbocycles. The molecule has 1 heterocycles. The van der Waals surface area contributed by atoms with Gasteiger partial charge in [-0.2, -0.15) is 0 Å². The summed E-state index contributed by atoms with van der Waals surface area (Å²) in [5, 5.41) is 0.278. The summed E-state index contributed by atoms with van der Waals surface area (Å²) in [5.74, 6) is -1.22. The number of aromatic nitrogens is 1. The van der Waals surface area contributed by atoms with Crippen LogP contribution in [0.2, 0.25) is 5.15 Å². The zero-order chi connectivity index (χ0) is 12.8. The first-order valence-corrected chi connectivity index (χ1v) is 5.41. The van der Waals surface area contributed by atoms with E-state index in [1.165, 1.54) is 25.3 Å². The van der Waals surface area contributed by atoms with Gasteiger partial charge in [-0.1, -0.05) is 11.6 Å². The van der Waals surface area contributed by atoms with E-state index in [4.69, 9.17) is 21.1 Å². The lowest BCUT2D eigenvalue weighted by Gasteiger charge is -2.11. The number of carbonyl (C=O) groups excluding carboxylic acids is 2. The fourth-order valence-corrected chi connectivity index (χ4v) is 1.14. The molecule has 5 nitrogen and oxygen atoms in total. The maximum atomic E-state index is 11.6. The van der Waals surface area contributed by atoms with Gasteiger partial charge in [0, 0.05) is 6.20 Å². The number of carbonyl (C=O) groups is 2. The molecule has 0 N–H and O–H groups in total. The van der Waals surface area contributed by atoms with E-state index < -0.39 is 18.0 Å². The lowest BCUT2D eigenvalue weighted by atomic mass is 10.3. The summed E-state index contributed by atoms with van der Waals surface area (Å²) < 4.78 is 9.60. The van der Waals surface area contributed by atoms with Crippen LogP contribution in [0.25, 0.3) is 0 Å². The largest absolute Gasteiger partial charge is 0.463 e. The van der Waals surface area contributed by atoms with E-state index in [1.807, 2.05) is 0 Å². The van der Waals surface area contributed by atoms with E-state index in [-0.39, 0.29) is 17.3 Å². The number of rotatable bonds is 4. The number of pyridine rings is 1. The van der Waals surface area contributed by atoms with Crippen LogP contribution in [0.3, 0.4) is 0 Å². The van der Waals surface area contributed by atoms with Gasteiger partial charge in [0.15, 0.2) is 6.10 Å². The zero-order valence-electron chi connectivity index (χ0n) is 9.47. The van der Waals surface area contributed by atoms with Crippen LogP contribution in [-0.4, -0.2) is 29.6 Å². The molecule has 1 atom stereocenters. The van der Waals surface area contributed by atoms with E-state index in [0.29, 0.717) is 0 Å². The average molecular weight is 258 g/mol. The highest BCUT2D eigenvalue weighted by Crippen LogP contribution is 2.08. The van der Waals surface area contributed by atoms with Crippen LogP contribution in [0.15, 0.2) is 18.3 Å². The Morgan fingerprint density at radius 2 is 2.18 bits per heavy atom. The number of esters is 2. The summed E-state index contributed by atoms with van der Waals surface area (Å²) in [6, 6.07) is 2.93. The summed E-state index contributed by atoms with van der Waals surface area (Å²) in [7, 11) is 0. The highest BCUT2D eigenvalue weighted by molar-refractivity contribution is 6.29. The number of halogens is 1. The number of hydrogen-bond donors (Lipinski definition) is 0. The van der Waals surface area contributed by atoms with Crippen molar-refractivity contribution in [1.29, 1.82) is 0 Å². The van der Waals surface area contributed by atoms with E-state index >= 15 is 0 Å². The molecule has 1 rings (SSSR count). The summed E-state index contributed by atoms with van der Waals surface area (Å²) >= 11 is 5.58. The SMILES string of the molecule is CCOC(=O)[C@H](C)OC(=O)c1ccc(Cl)nc1. The van der Waals surface area contributed by atoms with Crippen LogP contribution in [0.1, 0.15) is 24.2 Å². The fraction of sp³-hybridized carbons (Fsp3) is 0.364. The second kappa shape index (κ2) is 6.20. The Kier molecular flexibility index (Phi) is 4.90.